The second kappa shape index (κ2) is 13.2. The Morgan fingerprint density at radius 3 is 2.50 bits per heavy atom. The third-order valence-corrected chi connectivity index (χ3v) is 5.66. The first-order valence-corrected chi connectivity index (χ1v) is 11.9. The van der Waals surface area contributed by atoms with Crippen molar-refractivity contribution in [2.45, 2.75) is 51.5 Å². The zero-order chi connectivity index (χ0) is 24.2. The number of aromatic nitrogens is 1. The summed E-state index contributed by atoms with van der Waals surface area (Å²) in [6.07, 6.45) is 6.24. The Morgan fingerprint density at radius 1 is 0.941 bits per heavy atom. The number of aryl methyl sites for hydroxylation is 1. The number of hydrogen-bond donors (Lipinski definition) is 3. The highest BCUT2D eigenvalue weighted by Gasteiger charge is 2.24. The van der Waals surface area contributed by atoms with Crippen molar-refractivity contribution in [1.82, 2.24) is 15.6 Å². The molecular formula is C27H33N3O4. The molecule has 1 unspecified atom stereocenters. The van der Waals surface area contributed by atoms with Gasteiger partial charge in [-0.25, -0.2) is 4.79 Å². The van der Waals surface area contributed by atoms with E-state index in [1.807, 2.05) is 48.7 Å². The van der Waals surface area contributed by atoms with Crippen molar-refractivity contribution in [2.75, 3.05) is 13.2 Å². The fourth-order valence-electron chi connectivity index (χ4n) is 3.91. The molecule has 0 radical (unpaired) electrons. The Labute approximate surface area is 200 Å². The molecule has 0 fully saturated rings. The van der Waals surface area contributed by atoms with Gasteiger partial charge >= 0.3 is 5.97 Å². The number of hydrogen-bond acceptors (Lipinski definition) is 4. The fraction of sp³-hybridized carbons (Fsp3) is 0.370. The van der Waals surface area contributed by atoms with Crippen LogP contribution in [-0.2, 0) is 32.0 Å². The fourth-order valence-corrected chi connectivity index (χ4v) is 3.91. The molecule has 2 aromatic carbocycles. The topological polar surface area (TPSA) is 100 Å². The lowest BCUT2D eigenvalue weighted by Gasteiger charge is -2.17. The Morgan fingerprint density at radius 2 is 1.71 bits per heavy atom. The van der Waals surface area contributed by atoms with E-state index in [-0.39, 0.29) is 19.1 Å². The molecule has 0 aliphatic carbocycles. The van der Waals surface area contributed by atoms with E-state index >= 15 is 0 Å². The average Bonchev–Trinajstić information content (AvgIpc) is 3.26. The molecule has 180 valence electrons. The van der Waals surface area contributed by atoms with Crippen molar-refractivity contribution >= 4 is 28.7 Å². The van der Waals surface area contributed by atoms with Crippen molar-refractivity contribution in [1.29, 1.82) is 0 Å². The minimum Gasteiger partial charge on any atom is -0.464 e. The van der Waals surface area contributed by atoms with Gasteiger partial charge < -0.3 is 20.4 Å². The summed E-state index contributed by atoms with van der Waals surface area (Å²) < 4.78 is 5.15. The second-order valence-corrected chi connectivity index (χ2v) is 8.26. The number of ether oxygens (including phenoxy) is 1. The van der Waals surface area contributed by atoms with Crippen LogP contribution in [0.5, 0.6) is 0 Å². The van der Waals surface area contributed by atoms with Crippen molar-refractivity contribution in [3.63, 3.8) is 0 Å². The number of amides is 2. The standard InChI is InChI=1S/C27H33N3O4/c1-2-34-27(33)24(17-21-18-28-23-15-10-9-14-22(21)23)30-26(32)19-29-25(31)16-8-4-7-13-20-11-5-3-6-12-20/h3,5-6,9-12,14-15,18,24,28H,2,4,7-8,13,16-17,19H2,1H3,(H,29,31)(H,30,32). The van der Waals surface area contributed by atoms with E-state index in [2.05, 4.69) is 27.8 Å². The predicted molar refractivity (Wildman–Crippen MR) is 132 cm³/mol. The first-order valence-electron chi connectivity index (χ1n) is 11.9. The molecule has 2 amide bonds. The van der Waals surface area contributed by atoms with E-state index in [0.29, 0.717) is 12.8 Å². The van der Waals surface area contributed by atoms with Crippen LogP contribution in [0.25, 0.3) is 10.9 Å². The summed E-state index contributed by atoms with van der Waals surface area (Å²) in [5.74, 6) is -1.08. The molecule has 0 saturated heterocycles. The average molecular weight is 464 g/mol. The molecular weight excluding hydrogens is 430 g/mol. The number of nitrogens with one attached hydrogen (secondary N) is 3. The van der Waals surface area contributed by atoms with Crippen molar-refractivity contribution in [3.05, 3.63) is 71.9 Å². The van der Waals surface area contributed by atoms with Crippen molar-refractivity contribution in [2.24, 2.45) is 0 Å². The van der Waals surface area contributed by atoms with Gasteiger partial charge in [-0.05, 0) is 43.4 Å². The van der Waals surface area contributed by atoms with Gasteiger partial charge in [0.2, 0.25) is 11.8 Å². The number of H-pyrrole nitrogens is 1. The number of fused-ring (bicyclic) bond motifs is 1. The summed E-state index contributed by atoms with van der Waals surface area (Å²) in [5.41, 5.74) is 3.17. The monoisotopic (exact) mass is 463 g/mol. The summed E-state index contributed by atoms with van der Waals surface area (Å²) in [5, 5.41) is 6.35. The highest BCUT2D eigenvalue weighted by atomic mass is 16.5. The number of rotatable bonds is 13. The maximum absolute atomic E-state index is 12.5. The van der Waals surface area contributed by atoms with E-state index in [4.69, 9.17) is 4.74 Å². The number of para-hydroxylation sites is 1. The van der Waals surface area contributed by atoms with Crippen molar-refractivity contribution < 1.29 is 19.1 Å². The summed E-state index contributed by atoms with van der Waals surface area (Å²) in [6, 6.07) is 17.2. The molecule has 0 aliphatic heterocycles. The van der Waals surface area contributed by atoms with Crippen LogP contribution in [0.15, 0.2) is 60.8 Å². The molecule has 1 aromatic heterocycles. The molecule has 0 bridgehead atoms. The van der Waals surface area contributed by atoms with E-state index in [9.17, 15) is 14.4 Å². The molecule has 0 spiro atoms. The lowest BCUT2D eigenvalue weighted by Crippen LogP contribution is -2.47. The summed E-state index contributed by atoms with van der Waals surface area (Å²) >= 11 is 0. The molecule has 3 rings (SSSR count). The smallest absolute Gasteiger partial charge is 0.328 e. The number of esters is 1. The van der Waals surface area contributed by atoms with Gasteiger partial charge in [0.1, 0.15) is 6.04 Å². The minimum atomic E-state index is -0.832. The number of carbonyl (C=O) groups excluding carboxylic acids is 3. The zero-order valence-electron chi connectivity index (χ0n) is 19.6. The van der Waals surface area contributed by atoms with Gasteiger partial charge in [-0.1, -0.05) is 55.0 Å². The lowest BCUT2D eigenvalue weighted by atomic mass is 10.0. The largest absolute Gasteiger partial charge is 0.464 e. The minimum absolute atomic E-state index is 0.167. The van der Waals surface area contributed by atoms with Gasteiger partial charge in [0.15, 0.2) is 0 Å². The Bertz CT molecular complexity index is 1080. The van der Waals surface area contributed by atoms with Gasteiger partial charge in [-0.15, -0.1) is 0 Å². The van der Waals surface area contributed by atoms with Crippen molar-refractivity contribution in [3.8, 4) is 0 Å². The van der Waals surface area contributed by atoms with Crippen LogP contribution in [0.4, 0.5) is 0 Å². The van der Waals surface area contributed by atoms with Crippen LogP contribution in [0.1, 0.15) is 43.7 Å². The maximum atomic E-state index is 12.5. The van der Waals surface area contributed by atoms with Crippen LogP contribution in [0, 0.1) is 0 Å². The van der Waals surface area contributed by atoms with Gasteiger partial charge in [-0.3, -0.25) is 9.59 Å². The first kappa shape index (κ1) is 25.0. The summed E-state index contributed by atoms with van der Waals surface area (Å²) in [4.78, 5) is 40.2. The van der Waals surface area contributed by atoms with Crippen LogP contribution in [-0.4, -0.2) is 42.0 Å². The zero-order valence-corrected chi connectivity index (χ0v) is 19.6. The third kappa shape index (κ3) is 7.76. The van der Waals surface area contributed by atoms with Crippen LogP contribution >= 0.6 is 0 Å². The molecule has 7 nitrogen and oxygen atoms in total. The maximum Gasteiger partial charge on any atom is 0.328 e. The highest BCUT2D eigenvalue weighted by molar-refractivity contribution is 5.89. The number of carbonyl (C=O) groups is 3. The Balaban J connectivity index is 1.41. The third-order valence-electron chi connectivity index (χ3n) is 5.66. The number of benzene rings is 2. The van der Waals surface area contributed by atoms with Gasteiger partial charge in [0.25, 0.3) is 0 Å². The van der Waals surface area contributed by atoms with Gasteiger partial charge in [-0.2, -0.15) is 0 Å². The lowest BCUT2D eigenvalue weighted by molar-refractivity contribution is -0.147. The molecule has 3 N–H and O–H groups in total. The summed E-state index contributed by atoms with van der Waals surface area (Å²) in [7, 11) is 0. The molecule has 7 heteroatoms. The first-order chi connectivity index (χ1) is 16.6. The normalized spacial score (nSPS) is 11.7. The quantitative estimate of drug-likeness (QED) is 0.266. The van der Waals surface area contributed by atoms with Gasteiger partial charge in [0.05, 0.1) is 13.2 Å². The molecule has 1 heterocycles. The Kier molecular flexibility index (Phi) is 9.70. The van der Waals surface area contributed by atoms with E-state index in [1.165, 1.54) is 5.56 Å². The molecule has 3 aromatic rings. The highest BCUT2D eigenvalue weighted by Crippen LogP contribution is 2.19. The van der Waals surface area contributed by atoms with Gasteiger partial charge in [0, 0.05) is 29.9 Å². The van der Waals surface area contributed by atoms with E-state index in [1.54, 1.807) is 6.92 Å². The van der Waals surface area contributed by atoms with E-state index in [0.717, 1.165) is 42.1 Å². The van der Waals surface area contributed by atoms with Crippen LogP contribution in [0.3, 0.4) is 0 Å². The number of unbranched alkanes of at least 4 members (excludes halogenated alkanes) is 2. The summed E-state index contributed by atoms with van der Waals surface area (Å²) in [6.45, 7) is 1.77. The van der Waals surface area contributed by atoms with Crippen LogP contribution < -0.4 is 10.6 Å². The second-order valence-electron chi connectivity index (χ2n) is 8.26. The molecule has 0 aliphatic rings. The van der Waals surface area contributed by atoms with E-state index < -0.39 is 17.9 Å². The Hall–Kier alpha value is -3.61. The molecule has 34 heavy (non-hydrogen) atoms. The SMILES string of the molecule is CCOC(=O)C(Cc1c[nH]c2ccccc12)NC(=O)CNC(=O)CCCCCc1ccccc1. The number of aromatic amines is 1. The molecule has 1 atom stereocenters. The molecule has 0 saturated carbocycles. The predicted octanol–water partition coefficient (Wildman–Crippen LogP) is 3.68. The van der Waals surface area contributed by atoms with Crippen LogP contribution in [0.2, 0.25) is 0 Å².